The van der Waals surface area contributed by atoms with Crippen molar-refractivity contribution in [3.63, 3.8) is 0 Å². The number of aryl methyl sites for hydroxylation is 1. The van der Waals surface area contributed by atoms with Crippen LogP contribution in [0.4, 0.5) is 0 Å². The van der Waals surface area contributed by atoms with Crippen LogP contribution < -0.4 is 14.8 Å². The van der Waals surface area contributed by atoms with E-state index < -0.39 is 0 Å². The maximum absolute atomic E-state index is 5.67. The summed E-state index contributed by atoms with van der Waals surface area (Å²) < 4.78 is 16.8. The molecule has 0 saturated carbocycles. The first-order valence-electron chi connectivity index (χ1n) is 6.88. The van der Waals surface area contributed by atoms with Crippen LogP contribution in [0.15, 0.2) is 28.8 Å². The first-order chi connectivity index (χ1) is 9.86. The zero-order chi connectivity index (χ0) is 13.8. The molecule has 0 unspecified atom stereocenters. The van der Waals surface area contributed by atoms with Crippen molar-refractivity contribution in [1.29, 1.82) is 0 Å². The number of hydrogen-bond donors (Lipinski definition) is 1. The van der Waals surface area contributed by atoms with Gasteiger partial charge in [-0.05, 0) is 6.07 Å². The molecular formula is C15H18N2O3. The second-order valence-electron chi connectivity index (χ2n) is 4.62. The monoisotopic (exact) mass is 274 g/mol. The molecule has 2 aromatic rings. The Morgan fingerprint density at radius 3 is 2.95 bits per heavy atom. The molecule has 1 aromatic heterocycles. The predicted molar refractivity (Wildman–Crippen MR) is 73.9 cm³/mol. The van der Waals surface area contributed by atoms with Gasteiger partial charge in [0.25, 0.3) is 0 Å². The fourth-order valence-electron chi connectivity index (χ4n) is 2.17. The van der Waals surface area contributed by atoms with E-state index in [4.69, 9.17) is 13.9 Å². The molecule has 0 fully saturated rings. The van der Waals surface area contributed by atoms with Crippen molar-refractivity contribution in [2.45, 2.75) is 26.4 Å². The van der Waals surface area contributed by atoms with Crippen LogP contribution in [0.25, 0.3) is 0 Å². The van der Waals surface area contributed by atoms with Crippen LogP contribution in [-0.2, 0) is 19.5 Å². The molecule has 3 rings (SSSR count). The Morgan fingerprint density at radius 1 is 1.20 bits per heavy atom. The Bertz CT molecular complexity index is 580. The molecule has 0 bridgehead atoms. The van der Waals surface area contributed by atoms with Gasteiger partial charge in [0.15, 0.2) is 11.5 Å². The van der Waals surface area contributed by atoms with Crippen LogP contribution >= 0.6 is 0 Å². The van der Waals surface area contributed by atoms with Crippen LogP contribution in [0.5, 0.6) is 11.5 Å². The summed E-state index contributed by atoms with van der Waals surface area (Å²) in [5, 5.41) is 3.31. The van der Waals surface area contributed by atoms with Crippen molar-refractivity contribution >= 4 is 0 Å². The maximum atomic E-state index is 5.67. The zero-order valence-corrected chi connectivity index (χ0v) is 11.5. The molecule has 0 radical (unpaired) electrons. The quantitative estimate of drug-likeness (QED) is 0.906. The van der Waals surface area contributed by atoms with Crippen LogP contribution in [0, 0.1) is 0 Å². The van der Waals surface area contributed by atoms with Gasteiger partial charge in [-0.1, -0.05) is 19.1 Å². The summed E-state index contributed by atoms with van der Waals surface area (Å²) in [6.07, 6.45) is 2.64. The third-order valence-corrected chi connectivity index (χ3v) is 3.19. The van der Waals surface area contributed by atoms with Crippen LogP contribution in [0.1, 0.15) is 24.1 Å². The van der Waals surface area contributed by atoms with E-state index in [0.717, 1.165) is 29.2 Å². The lowest BCUT2D eigenvalue weighted by atomic mass is 10.1. The number of fused-ring (bicyclic) bond motifs is 1. The van der Waals surface area contributed by atoms with E-state index >= 15 is 0 Å². The van der Waals surface area contributed by atoms with Crippen molar-refractivity contribution in [3.05, 3.63) is 41.6 Å². The maximum Gasteiger partial charge on any atom is 0.208 e. The Hall–Kier alpha value is -2.01. The van der Waals surface area contributed by atoms with Gasteiger partial charge < -0.3 is 19.2 Å². The normalized spacial score (nSPS) is 13.4. The van der Waals surface area contributed by atoms with Gasteiger partial charge in [0, 0.05) is 18.5 Å². The topological polar surface area (TPSA) is 56.5 Å². The number of aromatic nitrogens is 1. The molecule has 0 spiro atoms. The Morgan fingerprint density at radius 2 is 2.10 bits per heavy atom. The fraction of sp³-hybridized carbons (Fsp3) is 0.400. The highest BCUT2D eigenvalue weighted by Crippen LogP contribution is 2.33. The highest BCUT2D eigenvalue weighted by molar-refractivity contribution is 5.47. The lowest BCUT2D eigenvalue weighted by Crippen LogP contribution is -2.19. The van der Waals surface area contributed by atoms with E-state index in [9.17, 15) is 0 Å². The van der Waals surface area contributed by atoms with E-state index in [0.29, 0.717) is 32.2 Å². The number of para-hydroxylation sites is 1. The SMILES string of the molecule is CCc1cnc(CNCc2cccc3c2OCCO3)o1. The van der Waals surface area contributed by atoms with Gasteiger partial charge >= 0.3 is 0 Å². The Kier molecular flexibility index (Phi) is 3.87. The van der Waals surface area contributed by atoms with Gasteiger partial charge in [-0.25, -0.2) is 4.98 Å². The zero-order valence-electron chi connectivity index (χ0n) is 11.5. The summed E-state index contributed by atoms with van der Waals surface area (Å²) in [5.74, 6) is 3.28. The Labute approximate surface area is 117 Å². The number of ether oxygens (including phenoxy) is 2. The summed E-state index contributed by atoms with van der Waals surface area (Å²) in [6, 6.07) is 5.94. The van der Waals surface area contributed by atoms with Gasteiger partial charge in [0.2, 0.25) is 5.89 Å². The van der Waals surface area contributed by atoms with Crippen molar-refractivity contribution in [2.24, 2.45) is 0 Å². The smallest absolute Gasteiger partial charge is 0.208 e. The van der Waals surface area contributed by atoms with E-state index in [1.165, 1.54) is 0 Å². The molecule has 0 aliphatic carbocycles. The molecule has 0 saturated heterocycles. The second-order valence-corrected chi connectivity index (χ2v) is 4.62. The van der Waals surface area contributed by atoms with Gasteiger partial charge in [0.1, 0.15) is 19.0 Å². The molecule has 1 aliphatic rings. The van der Waals surface area contributed by atoms with Crippen LogP contribution in [0.3, 0.4) is 0 Å². The third kappa shape index (κ3) is 2.77. The molecule has 5 heteroatoms. The minimum Gasteiger partial charge on any atom is -0.486 e. The highest BCUT2D eigenvalue weighted by Gasteiger charge is 2.15. The molecule has 0 atom stereocenters. The fourth-order valence-corrected chi connectivity index (χ4v) is 2.17. The first-order valence-corrected chi connectivity index (χ1v) is 6.88. The van der Waals surface area contributed by atoms with Gasteiger partial charge in [-0.15, -0.1) is 0 Å². The minimum absolute atomic E-state index is 0.601. The number of rotatable bonds is 5. The largest absolute Gasteiger partial charge is 0.486 e. The molecule has 1 aromatic carbocycles. The molecule has 2 heterocycles. The first kappa shape index (κ1) is 13.0. The van der Waals surface area contributed by atoms with Crippen molar-refractivity contribution in [2.75, 3.05) is 13.2 Å². The van der Waals surface area contributed by atoms with E-state index in [-0.39, 0.29) is 0 Å². The molecule has 5 nitrogen and oxygen atoms in total. The van der Waals surface area contributed by atoms with Crippen molar-refractivity contribution in [3.8, 4) is 11.5 Å². The van der Waals surface area contributed by atoms with Gasteiger partial charge in [-0.3, -0.25) is 0 Å². The third-order valence-electron chi connectivity index (χ3n) is 3.19. The molecule has 106 valence electrons. The van der Waals surface area contributed by atoms with E-state index in [1.54, 1.807) is 6.20 Å². The second kappa shape index (κ2) is 5.96. The van der Waals surface area contributed by atoms with Gasteiger partial charge in [-0.2, -0.15) is 0 Å². The summed E-state index contributed by atoms with van der Waals surface area (Å²) >= 11 is 0. The van der Waals surface area contributed by atoms with E-state index in [1.807, 2.05) is 25.1 Å². The Balaban J connectivity index is 1.61. The average molecular weight is 274 g/mol. The molecule has 0 amide bonds. The van der Waals surface area contributed by atoms with E-state index in [2.05, 4.69) is 10.3 Å². The number of oxazole rings is 1. The predicted octanol–water partition coefficient (Wildman–Crippen LogP) is 2.30. The number of nitrogens with one attached hydrogen (secondary N) is 1. The standard InChI is InChI=1S/C15H18N2O3/c1-2-12-9-17-14(20-12)10-16-8-11-4-3-5-13-15(11)19-7-6-18-13/h3-5,9,16H,2,6-8,10H2,1H3. The summed E-state index contributed by atoms with van der Waals surface area (Å²) in [4.78, 5) is 4.22. The van der Waals surface area contributed by atoms with Crippen molar-refractivity contribution in [1.82, 2.24) is 10.3 Å². The molecule has 1 aliphatic heterocycles. The molecular weight excluding hydrogens is 256 g/mol. The number of benzene rings is 1. The average Bonchev–Trinajstić information content (AvgIpc) is 2.95. The lowest BCUT2D eigenvalue weighted by molar-refractivity contribution is 0.169. The highest BCUT2D eigenvalue weighted by atomic mass is 16.6. The molecule has 20 heavy (non-hydrogen) atoms. The van der Waals surface area contributed by atoms with Crippen LogP contribution in [-0.4, -0.2) is 18.2 Å². The summed E-state index contributed by atoms with van der Waals surface area (Å²) in [7, 11) is 0. The van der Waals surface area contributed by atoms with Crippen molar-refractivity contribution < 1.29 is 13.9 Å². The van der Waals surface area contributed by atoms with Gasteiger partial charge in [0.05, 0.1) is 12.7 Å². The number of hydrogen-bond acceptors (Lipinski definition) is 5. The summed E-state index contributed by atoms with van der Waals surface area (Å²) in [5.41, 5.74) is 1.09. The summed E-state index contributed by atoms with van der Waals surface area (Å²) in [6.45, 7) is 4.55. The lowest BCUT2D eigenvalue weighted by Gasteiger charge is -2.20. The number of nitrogens with zero attached hydrogens (tertiary/aromatic N) is 1. The molecule has 1 N–H and O–H groups in total. The minimum atomic E-state index is 0.601. The van der Waals surface area contributed by atoms with Crippen LogP contribution in [0.2, 0.25) is 0 Å².